The second kappa shape index (κ2) is 12.9. The number of methoxy groups -OCH3 is 1. The Bertz CT molecular complexity index is 1320. The molecule has 10 heteroatoms. The number of amides is 2. The molecule has 0 aromatic heterocycles. The van der Waals surface area contributed by atoms with Crippen LogP contribution >= 0.6 is 23.4 Å². The van der Waals surface area contributed by atoms with Gasteiger partial charge in [0.2, 0.25) is 0 Å². The van der Waals surface area contributed by atoms with E-state index in [2.05, 4.69) is 0 Å². The highest BCUT2D eigenvalue weighted by Crippen LogP contribution is 2.47. The summed E-state index contributed by atoms with van der Waals surface area (Å²) >= 11 is 7.73. The van der Waals surface area contributed by atoms with Crippen LogP contribution in [-0.2, 0) is 25.7 Å². The van der Waals surface area contributed by atoms with E-state index < -0.39 is 29.3 Å². The molecule has 2 unspecified atom stereocenters. The van der Waals surface area contributed by atoms with Crippen LogP contribution in [0.25, 0.3) is 0 Å². The number of halogens is 1. The van der Waals surface area contributed by atoms with Crippen LogP contribution in [0.2, 0.25) is 5.02 Å². The van der Waals surface area contributed by atoms with E-state index in [9.17, 15) is 14.4 Å². The zero-order chi connectivity index (χ0) is 27.9. The van der Waals surface area contributed by atoms with E-state index in [0.717, 1.165) is 16.0 Å². The van der Waals surface area contributed by atoms with Gasteiger partial charge >= 0.3 is 12.1 Å². The summed E-state index contributed by atoms with van der Waals surface area (Å²) < 4.78 is 16.3. The van der Waals surface area contributed by atoms with Crippen molar-refractivity contribution in [1.82, 2.24) is 4.90 Å². The summed E-state index contributed by atoms with van der Waals surface area (Å²) in [7, 11) is 3.18. The van der Waals surface area contributed by atoms with Crippen molar-refractivity contribution in [2.75, 3.05) is 32.1 Å². The van der Waals surface area contributed by atoms with E-state index >= 15 is 0 Å². The van der Waals surface area contributed by atoms with Gasteiger partial charge in [0.05, 0.1) is 18.0 Å². The number of fused-ring (bicyclic) bond motifs is 1. The highest BCUT2D eigenvalue weighted by atomic mass is 35.5. The van der Waals surface area contributed by atoms with Gasteiger partial charge in [0, 0.05) is 37.0 Å². The quantitative estimate of drug-likeness (QED) is 0.321. The first-order valence-corrected chi connectivity index (χ1v) is 13.5. The molecule has 2 atom stereocenters. The molecule has 0 aliphatic carbocycles. The summed E-state index contributed by atoms with van der Waals surface area (Å²) in [6.07, 6.45) is -1.62. The van der Waals surface area contributed by atoms with E-state index in [4.69, 9.17) is 25.8 Å². The van der Waals surface area contributed by atoms with Crippen molar-refractivity contribution >= 4 is 47.0 Å². The average Bonchev–Trinajstić information content (AvgIpc) is 3.04. The molecule has 3 aromatic rings. The second-order valence-electron chi connectivity index (χ2n) is 8.91. The molecule has 0 saturated heterocycles. The summed E-state index contributed by atoms with van der Waals surface area (Å²) in [5.74, 6) is -0.302. The van der Waals surface area contributed by atoms with Gasteiger partial charge < -0.3 is 24.0 Å². The van der Waals surface area contributed by atoms with Crippen molar-refractivity contribution < 1.29 is 28.6 Å². The van der Waals surface area contributed by atoms with Gasteiger partial charge in [0.25, 0.3) is 5.91 Å². The number of carbonyl (C=O) groups excluding carboxylic acids is 3. The molecule has 0 bridgehead atoms. The SMILES string of the molecule is COc1ccc(C2Sc3cc(Cl)ccc3N(CCN(C)C(=O)OCc3ccccc3)C(=O)C2OC(C)=O)cc1. The van der Waals surface area contributed by atoms with Crippen molar-refractivity contribution in [3.8, 4) is 5.75 Å². The molecule has 4 rings (SSSR count). The lowest BCUT2D eigenvalue weighted by molar-refractivity contribution is -0.152. The third kappa shape index (κ3) is 7.04. The van der Waals surface area contributed by atoms with Gasteiger partial charge in [-0.2, -0.15) is 0 Å². The molecule has 0 fully saturated rings. The Labute approximate surface area is 236 Å². The maximum absolute atomic E-state index is 14.0. The smallest absolute Gasteiger partial charge is 0.409 e. The number of likely N-dealkylation sites (N-methyl/N-ethyl adjacent to an activating group) is 1. The molecule has 3 aromatic carbocycles. The first kappa shape index (κ1) is 28.3. The maximum Gasteiger partial charge on any atom is 0.409 e. The Balaban J connectivity index is 1.58. The van der Waals surface area contributed by atoms with Crippen LogP contribution in [0.15, 0.2) is 77.7 Å². The number of hydrogen-bond acceptors (Lipinski definition) is 7. The van der Waals surface area contributed by atoms with E-state index in [1.807, 2.05) is 42.5 Å². The first-order valence-electron chi connectivity index (χ1n) is 12.3. The molecule has 0 radical (unpaired) electrons. The van der Waals surface area contributed by atoms with Crippen molar-refractivity contribution in [2.45, 2.75) is 29.8 Å². The molecular formula is C29H29ClN2O6S. The fourth-order valence-corrected chi connectivity index (χ4v) is 5.73. The second-order valence-corrected chi connectivity index (χ2v) is 10.5. The van der Waals surface area contributed by atoms with Crippen LogP contribution in [0.5, 0.6) is 5.75 Å². The molecule has 1 aliphatic heterocycles. The molecule has 204 valence electrons. The largest absolute Gasteiger partial charge is 0.497 e. The Morgan fingerprint density at radius 2 is 1.77 bits per heavy atom. The molecule has 2 amide bonds. The fraction of sp³-hybridized carbons (Fsp3) is 0.276. The normalized spacial score (nSPS) is 16.6. The van der Waals surface area contributed by atoms with Gasteiger partial charge in [-0.15, -0.1) is 11.8 Å². The van der Waals surface area contributed by atoms with Crippen LogP contribution in [0.3, 0.4) is 0 Å². The van der Waals surface area contributed by atoms with Gasteiger partial charge in [0.1, 0.15) is 12.4 Å². The Morgan fingerprint density at radius 1 is 1.05 bits per heavy atom. The molecule has 0 N–H and O–H groups in total. The van der Waals surface area contributed by atoms with Crippen LogP contribution in [0.1, 0.15) is 23.3 Å². The van der Waals surface area contributed by atoms with E-state index in [-0.39, 0.29) is 19.7 Å². The first-order chi connectivity index (χ1) is 18.8. The lowest BCUT2D eigenvalue weighted by Gasteiger charge is -2.29. The lowest BCUT2D eigenvalue weighted by Crippen LogP contribution is -2.46. The van der Waals surface area contributed by atoms with Gasteiger partial charge in [0.15, 0.2) is 6.10 Å². The van der Waals surface area contributed by atoms with Crippen LogP contribution in [0, 0.1) is 0 Å². The predicted octanol–water partition coefficient (Wildman–Crippen LogP) is 5.73. The van der Waals surface area contributed by atoms with Crippen molar-refractivity contribution in [3.05, 3.63) is 88.9 Å². The molecule has 8 nitrogen and oxygen atoms in total. The molecule has 1 heterocycles. The van der Waals surface area contributed by atoms with Gasteiger partial charge in [-0.05, 0) is 41.5 Å². The van der Waals surface area contributed by atoms with Crippen molar-refractivity contribution in [2.24, 2.45) is 0 Å². The molecule has 39 heavy (non-hydrogen) atoms. The monoisotopic (exact) mass is 568 g/mol. The van der Waals surface area contributed by atoms with Gasteiger partial charge in [-0.25, -0.2) is 4.79 Å². The average molecular weight is 569 g/mol. The zero-order valence-electron chi connectivity index (χ0n) is 21.8. The summed E-state index contributed by atoms with van der Waals surface area (Å²) in [6, 6.07) is 21.9. The molecule has 1 aliphatic rings. The lowest BCUT2D eigenvalue weighted by atomic mass is 10.1. The van der Waals surface area contributed by atoms with E-state index in [1.165, 1.54) is 28.5 Å². The molecule has 0 spiro atoms. The standard InChI is InChI=1S/C29H29ClN2O6S/c1-19(33)38-26-27(21-9-12-23(36-3)13-10-21)39-25-17-22(30)11-14-24(25)32(28(26)34)16-15-31(2)29(35)37-18-20-7-5-4-6-8-20/h4-14,17,26-27H,15-16,18H2,1-3H3. The number of nitrogens with zero attached hydrogens (tertiary/aromatic N) is 2. The van der Waals surface area contributed by atoms with Gasteiger partial charge in [-0.1, -0.05) is 54.1 Å². The summed E-state index contributed by atoms with van der Waals surface area (Å²) in [6.45, 7) is 1.76. The predicted molar refractivity (Wildman–Crippen MR) is 150 cm³/mol. The minimum Gasteiger partial charge on any atom is -0.497 e. The Hall–Kier alpha value is -3.69. The van der Waals surface area contributed by atoms with Gasteiger partial charge in [-0.3, -0.25) is 9.59 Å². The number of thioether (sulfide) groups is 1. The number of rotatable bonds is 8. The fourth-order valence-electron chi connectivity index (χ4n) is 4.13. The minimum absolute atomic E-state index is 0.142. The highest BCUT2D eigenvalue weighted by Gasteiger charge is 2.41. The highest BCUT2D eigenvalue weighted by molar-refractivity contribution is 7.99. The Morgan fingerprint density at radius 3 is 2.44 bits per heavy atom. The molecule has 0 saturated carbocycles. The third-order valence-electron chi connectivity index (χ3n) is 6.16. The third-order valence-corrected chi connectivity index (χ3v) is 7.75. The summed E-state index contributed by atoms with van der Waals surface area (Å²) in [5, 5.41) is -0.0298. The summed E-state index contributed by atoms with van der Waals surface area (Å²) in [4.78, 5) is 42.4. The zero-order valence-corrected chi connectivity index (χ0v) is 23.4. The Kier molecular flexibility index (Phi) is 9.37. The molecular weight excluding hydrogens is 540 g/mol. The van der Waals surface area contributed by atoms with Crippen molar-refractivity contribution in [3.63, 3.8) is 0 Å². The number of ether oxygens (including phenoxy) is 3. The number of benzene rings is 3. The van der Waals surface area contributed by atoms with E-state index in [0.29, 0.717) is 16.5 Å². The van der Waals surface area contributed by atoms with Crippen LogP contribution in [0.4, 0.5) is 10.5 Å². The number of esters is 1. The number of carbonyl (C=O) groups is 3. The number of anilines is 1. The minimum atomic E-state index is -1.11. The van der Waals surface area contributed by atoms with E-state index in [1.54, 1.807) is 44.5 Å². The topological polar surface area (TPSA) is 85.4 Å². The van der Waals surface area contributed by atoms with Crippen molar-refractivity contribution in [1.29, 1.82) is 0 Å². The maximum atomic E-state index is 14.0. The van der Waals surface area contributed by atoms with Crippen LogP contribution < -0.4 is 9.64 Å². The van der Waals surface area contributed by atoms with Crippen LogP contribution in [-0.4, -0.2) is 56.2 Å². The number of hydrogen-bond donors (Lipinski definition) is 0. The summed E-state index contributed by atoms with van der Waals surface area (Å²) in [5.41, 5.74) is 2.28.